The molecule has 2 aliphatic rings. The van der Waals surface area contributed by atoms with Gasteiger partial charge in [0.2, 0.25) is 0 Å². The molecule has 0 saturated carbocycles. The van der Waals surface area contributed by atoms with E-state index in [1.807, 2.05) is 6.26 Å². The lowest BCUT2D eigenvalue weighted by Gasteiger charge is -2.35. The average molecular weight is 263 g/mol. The number of hydrogen-bond donors (Lipinski definition) is 1. The van der Waals surface area contributed by atoms with Gasteiger partial charge in [0.15, 0.2) is 0 Å². The standard InChI is InChI=1S/C15H25N3O/c1-12(13-5-9-19-11-13)18-8-4-15(10-18)17-6-2-14(16)3-7-17/h5,9,11-12,14-15H,2-4,6-8,10,16H2,1H3. The molecule has 0 spiro atoms. The van der Waals surface area contributed by atoms with Crippen molar-refractivity contribution < 1.29 is 4.42 Å². The normalized spacial score (nSPS) is 28.8. The Labute approximate surface area is 115 Å². The van der Waals surface area contributed by atoms with Gasteiger partial charge in [0.1, 0.15) is 0 Å². The van der Waals surface area contributed by atoms with Crippen molar-refractivity contribution in [1.82, 2.24) is 9.80 Å². The zero-order valence-corrected chi connectivity index (χ0v) is 11.8. The Morgan fingerprint density at radius 3 is 2.74 bits per heavy atom. The van der Waals surface area contributed by atoms with Crippen molar-refractivity contribution in [3.05, 3.63) is 24.2 Å². The molecule has 2 fully saturated rings. The Hall–Kier alpha value is -0.840. The first kappa shape index (κ1) is 13.2. The summed E-state index contributed by atoms with van der Waals surface area (Å²) in [5, 5.41) is 0. The van der Waals surface area contributed by atoms with Crippen LogP contribution in [0, 0.1) is 0 Å². The monoisotopic (exact) mass is 263 g/mol. The second kappa shape index (κ2) is 5.65. The first-order valence-corrected chi connectivity index (χ1v) is 7.50. The third kappa shape index (κ3) is 2.86. The lowest BCUT2D eigenvalue weighted by Crippen LogP contribution is -2.46. The number of rotatable bonds is 3. The predicted molar refractivity (Wildman–Crippen MR) is 75.9 cm³/mol. The topological polar surface area (TPSA) is 45.6 Å². The maximum atomic E-state index is 5.99. The van der Waals surface area contributed by atoms with Crippen molar-refractivity contribution in [1.29, 1.82) is 0 Å². The van der Waals surface area contributed by atoms with Crippen LogP contribution in [0.4, 0.5) is 0 Å². The SMILES string of the molecule is CC(c1ccoc1)N1CCC(N2CCC(N)CC2)C1. The fraction of sp³-hybridized carbons (Fsp3) is 0.733. The summed E-state index contributed by atoms with van der Waals surface area (Å²) >= 11 is 0. The number of nitrogens with two attached hydrogens (primary N) is 1. The molecule has 1 aromatic rings. The van der Waals surface area contributed by atoms with Gasteiger partial charge in [-0.1, -0.05) is 0 Å². The van der Waals surface area contributed by atoms with Gasteiger partial charge in [-0.3, -0.25) is 9.80 Å². The van der Waals surface area contributed by atoms with E-state index >= 15 is 0 Å². The molecule has 106 valence electrons. The first-order chi connectivity index (χ1) is 9.24. The van der Waals surface area contributed by atoms with Gasteiger partial charge in [0, 0.05) is 36.8 Å². The van der Waals surface area contributed by atoms with Crippen molar-refractivity contribution in [2.75, 3.05) is 26.2 Å². The van der Waals surface area contributed by atoms with Gasteiger partial charge in [-0.2, -0.15) is 0 Å². The van der Waals surface area contributed by atoms with Crippen molar-refractivity contribution in [3.8, 4) is 0 Å². The van der Waals surface area contributed by atoms with Crippen LogP contribution in [-0.2, 0) is 0 Å². The van der Waals surface area contributed by atoms with Crippen LogP contribution < -0.4 is 5.73 Å². The van der Waals surface area contributed by atoms with Crippen LogP contribution in [0.1, 0.15) is 37.8 Å². The Morgan fingerprint density at radius 2 is 2.05 bits per heavy atom. The second-order valence-electron chi connectivity index (χ2n) is 6.04. The van der Waals surface area contributed by atoms with Crippen LogP contribution in [0.15, 0.2) is 23.0 Å². The maximum Gasteiger partial charge on any atom is 0.0950 e. The zero-order valence-electron chi connectivity index (χ0n) is 11.8. The van der Waals surface area contributed by atoms with Gasteiger partial charge in [0.25, 0.3) is 0 Å². The summed E-state index contributed by atoms with van der Waals surface area (Å²) in [5.74, 6) is 0. The van der Waals surface area contributed by atoms with E-state index in [9.17, 15) is 0 Å². The van der Waals surface area contributed by atoms with Gasteiger partial charge < -0.3 is 10.2 Å². The predicted octanol–water partition coefficient (Wildman–Crippen LogP) is 1.84. The molecule has 1 aromatic heterocycles. The second-order valence-corrected chi connectivity index (χ2v) is 6.04. The molecule has 19 heavy (non-hydrogen) atoms. The summed E-state index contributed by atoms with van der Waals surface area (Å²) in [7, 11) is 0. The van der Waals surface area contributed by atoms with E-state index in [1.54, 1.807) is 6.26 Å². The fourth-order valence-corrected chi connectivity index (χ4v) is 3.43. The molecular weight excluding hydrogens is 238 g/mol. The van der Waals surface area contributed by atoms with Crippen molar-refractivity contribution >= 4 is 0 Å². The minimum absolute atomic E-state index is 0.429. The summed E-state index contributed by atoms with van der Waals surface area (Å²) in [6, 6.07) is 3.70. The highest BCUT2D eigenvalue weighted by atomic mass is 16.3. The highest BCUT2D eigenvalue weighted by Crippen LogP contribution is 2.27. The molecule has 4 nitrogen and oxygen atoms in total. The van der Waals surface area contributed by atoms with E-state index in [1.165, 1.54) is 38.2 Å². The Morgan fingerprint density at radius 1 is 1.26 bits per heavy atom. The number of furan rings is 1. The smallest absolute Gasteiger partial charge is 0.0950 e. The van der Waals surface area contributed by atoms with Gasteiger partial charge in [-0.05, 0) is 45.3 Å². The van der Waals surface area contributed by atoms with Gasteiger partial charge in [-0.15, -0.1) is 0 Å². The molecule has 0 amide bonds. The molecular formula is C15H25N3O. The van der Waals surface area contributed by atoms with E-state index in [-0.39, 0.29) is 0 Å². The van der Waals surface area contributed by atoms with E-state index in [0.717, 1.165) is 18.9 Å². The molecule has 3 heterocycles. The molecule has 0 aliphatic carbocycles. The molecule has 0 bridgehead atoms. The summed E-state index contributed by atoms with van der Waals surface area (Å²) in [6.45, 7) is 7.01. The number of hydrogen-bond acceptors (Lipinski definition) is 4. The molecule has 2 aliphatic heterocycles. The highest BCUT2D eigenvalue weighted by Gasteiger charge is 2.32. The quantitative estimate of drug-likeness (QED) is 0.904. The maximum absolute atomic E-state index is 5.99. The molecule has 0 aromatic carbocycles. The number of piperidine rings is 1. The third-order valence-corrected chi connectivity index (χ3v) is 4.86. The summed E-state index contributed by atoms with van der Waals surface area (Å²) < 4.78 is 5.20. The largest absolute Gasteiger partial charge is 0.472 e. The molecule has 4 heteroatoms. The van der Waals surface area contributed by atoms with E-state index in [0.29, 0.717) is 12.1 Å². The van der Waals surface area contributed by atoms with E-state index in [2.05, 4.69) is 22.8 Å². The van der Waals surface area contributed by atoms with Crippen LogP contribution >= 0.6 is 0 Å². The third-order valence-electron chi connectivity index (χ3n) is 4.86. The summed E-state index contributed by atoms with van der Waals surface area (Å²) in [5.41, 5.74) is 7.28. The first-order valence-electron chi connectivity index (χ1n) is 7.50. The van der Waals surface area contributed by atoms with Gasteiger partial charge >= 0.3 is 0 Å². The summed E-state index contributed by atoms with van der Waals surface area (Å²) in [4.78, 5) is 5.22. The van der Waals surface area contributed by atoms with Crippen LogP contribution in [-0.4, -0.2) is 48.1 Å². The van der Waals surface area contributed by atoms with Crippen molar-refractivity contribution in [2.24, 2.45) is 5.73 Å². The Bertz CT molecular complexity index is 384. The molecule has 0 radical (unpaired) electrons. The van der Waals surface area contributed by atoms with Crippen LogP contribution in [0.5, 0.6) is 0 Å². The Balaban J connectivity index is 1.55. The number of nitrogens with zero attached hydrogens (tertiary/aromatic N) is 2. The van der Waals surface area contributed by atoms with Crippen LogP contribution in [0.25, 0.3) is 0 Å². The molecule has 3 rings (SSSR count). The minimum Gasteiger partial charge on any atom is -0.472 e. The van der Waals surface area contributed by atoms with Crippen LogP contribution in [0.2, 0.25) is 0 Å². The van der Waals surface area contributed by atoms with Crippen molar-refractivity contribution in [3.63, 3.8) is 0 Å². The lowest BCUT2D eigenvalue weighted by molar-refractivity contribution is 0.145. The fourth-order valence-electron chi connectivity index (χ4n) is 3.43. The Kier molecular flexibility index (Phi) is 3.91. The molecule has 2 atom stereocenters. The van der Waals surface area contributed by atoms with E-state index in [4.69, 9.17) is 10.2 Å². The van der Waals surface area contributed by atoms with Gasteiger partial charge in [-0.25, -0.2) is 0 Å². The number of likely N-dealkylation sites (tertiary alicyclic amines) is 2. The lowest BCUT2D eigenvalue weighted by atomic mass is 10.0. The summed E-state index contributed by atoms with van der Waals surface area (Å²) in [6.07, 6.45) is 7.25. The zero-order chi connectivity index (χ0) is 13.2. The highest BCUT2D eigenvalue weighted by molar-refractivity contribution is 5.11. The van der Waals surface area contributed by atoms with Crippen LogP contribution in [0.3, 0.4) is 0 Å². The van der Waals surface area contributed by atoms with E-state index < -0.39 is 0 Å². The molecule has 2 unspecified atom stereocenters. The van der Waals surface area contributed by atoms with Gasteiger partial charge in [0.05, 0.1) is 12.5 Å². The molecule has 2 N–H and O–H groups in total. The minimum atomic E-state index is 0.429. The van der Waals surface area contributed by atoms with Crippen molar-refractivity contribution in [2.45, 2.75) is 44.3 Å². The molecule has 2 saturated heterocycles. The average Bonchev–Trinajstić information content (AvgIpc) is 3.10.